The Morgan fingerprint density at radius 3 is 2.34 bits per heavy atom. The lowest BCUT2D eigenvalue weighted by Gasteiger charge is -2.13. The lowest BCUT2D eigenvalue weighted by molar-refractivity contribution is 0.284. The van der Waals surface area contributed by atoms with Crippen molar-refractivity contribution in [3.8, 4) is 28.5 Å². The van der Waals surface area contributed by atoms with Crippen LogP contribution in [0.15, 0.2) is 79.0 Å². The van der Waals surface area contributed by atoms with Gasteiger partial charge in [-0.15, -0.1) is 0 Å². The van der Waals surface area contributed by atoms with Gasteiger partial charge in [-0.3, -0.25) is 0 Å². The largest absolute Gasteiger partial charge is 0.497 e. The van der Waals surface area contributed by atoms with Crippen LogP contribution in [0.2, 0.25) is 0 Å². The fourth-order valence-electron chi connectivity index (χ4n) is 3.46. The van der Waals surface area contributed by atoms with Gasteiger partial charge in [0.15, 0.2) is 11.5 Å². The molecular formula is C26H27N3O3. The highest BCUT2D eigenvalue weighted by Gasteiger charge is 2.10. The van der Waals surface area contributed by atoms with E-state index < -0.39 is 0 Å². The van der Waals surface area contributed by atoms with Crippen LogP contribution in [0, 0.1) is 0 Å². The monoisotopic (exact) mass is 429 g/mol. The van der Waals surface area contributed by atoms with Crippen molar-refractivity contribution >= 4 is 5.95 Å². The van der Waals surface area contributed by atoms with Crippen LogP contribution in [0.4, 0.5) is 5.95 Å². The van der Waals surface area contributed by atoms with Crippen LogP contribution in [0.3, 0.4) is 0 Å². The Balaban J connectivity index is 1.45. The van der Waals surface area contributed by atoms with Crippen molar-refractivity contribution in [3.63, 3.8) is 0 Å². The van der Waals surface area contributed by atoms with Gasteiger partial charge in [0.2, 0.25) is 5.95 Å². The summed E-state index contributed by atoms with van der Waals surface area (Å²) in [6, 6.07) is 24.0. The highest BCUT2D eigenvalue weighted by Crippen LogP contribution is 2.30. The normalized spacial score (nSPS) is 10.6. The van der Waals surface area contributed by atoms with Gasteiger partial charge in [0, 0.05) is 19.2 Å². The van der Waals surface area contributed by atoms with Crippen molar-refractivity contribution in [2.24, 2.45) is 7.05 Å². The predicted octanol–water partition coefficient (Wildman–Crippen LogP) is 5.30. The minimum absolute atomic E-state index is 0.485. The van der Waals surface area contributed by atoms with Gasteiger partial charge >= 0.3 is 0 Å². The highest BCUT2D eigenvalue weighted by molar-refractivity contribution is 5.62. The fourth-order valence-corrected chi connectivity index (χ4v) is 3.46. The van der Waals surface area contributed by atoms with Gasteiger partial charge in [0.1, 0.15) is 12.4 Å². The summed E-state index contributed by atoms with van der Waals surface area (Å²) in [6.07, 6.45) is 1.87. The third-order valence-electron chi connectivity index (χ3n) is 5.29. The quantitative estimate of drug-likeness (QED) is 0.391. The average Bonchev–Trinajstić information content (AvgIpc) is 3.22. The minimum Gasteiger partial charge on any atom is -0.497 e. The van der Waals surface area contributed by atoms with Gasteiger partial charge in [0.05, 0.1) is 26.1 Å². The molecule has 0 aliphatic heterocycles. The van der Waals surface area contributed by atoms with Crippen LogP contribution in [-0.4, -0.2) is 23.8 Å². The third-order valence-corrected chi connectivity index (χ3v) is 5.29. The Morgan fingerprint density at radius 1 is 0.844 bits per heavy atom. The van der Waals surface area contributed by atoms with Crippen molar-refractivity contribution in [3.05, 3.63) is 90.1 Å². The number of hydrogen-bond acceptors (Lipinski definition) is 5. The lowest BCUT2D eigenvalue weighted by Crippen LogP contribution is -2.06. The molecule has 4 aromatic rings. The molecule has 0 aliphatic carbocycles. The van der Waals surface area contributed by atoms with Crippen molar-refractivity contribution in [2.75, 3.05) is 19.5 Å². The second-order valence-corrected chi connectivity index (χ2v) is 7.37. The standard InChI is InChI=1S/C26H27N3O3/c1-29-23(21-10-12-22(30-2)13-11-21)17-28-26(29)27-16-20-9-14-24(31-3)25(15-20)32-18-19-7-5-4-6-8-19/h4-15,17H,16,18H2,1-3H3,(H,27,28). The van der Waals surface area contributed by atoms with E-state index in [4.69, 9.17) is 14.2 Å². The highest BCUT2D eigenvalue weighted by atomic mass is 16.5. The van der Waals surface area contributed by atoms with Gasteiger partial charge in [0.25, 0.3) is 0 Å². The predicted molar refractivity (Wildman–Crippen MR) is 126 cm³/mol. The Labute approximate surface area is 188 Å². The van der Waals surface area contributed by atoms with E-state index >= 15 is 0 Å². The molecule has 0 fully saturated rings. The molecule has 6 heteroatoms. The minimum atomic E-state index is 0.485. The molecule has 0 unspecified atom stereocenters. The summed E-state index contributed by atoms with van der Waals surface area (Å²) in [4.78, 5) is 4.55. The number of imidazole rings is 1. The van der Waals surface area contributed by atoms with E-state index in [-0.39, 0.29) is 0 Å². The van der Waals surface area contributed by atoms with Gasteiger partial charge < -0.3 is 24.1 Å². The molecule has 3 aromatic carbocycles. The number of anilines is 1. The van der Waals surface area contributed by atoms with E-state index in [9.17, 15) is 0 Å². The molecule has 1 heterocycles. The number of ether oxygens (including phenoxy) is 3. The molecule has 0 atom stereocenters. The van der Waals surface area contributed by atoms with Crippen LogP contribution in [0.1, 0.15) is 11.1 Å². The smallest absolute Gasteiger partial charge is 0.203 e. The molecular weight excluding hydrogens is 402 g/mol. The second-order valence-electron chi connectivity index (χ2n) is 7.37. The van der Waals surface area contributed by atoms with Crippen molar-refractivity contribution in [2.45, 2.75) is 13.2 Å². The SMILES string of the molecule is COc1ccc(-c2cnc(NCc3ccc(OC)c(OCc4ccccc4)c3)n2C)cc1. The summed E-state index contributed by atoms with van der Waals surface area (Å²) in [6.45, 7) is 1.09. The van der Waals surface area contributed by atoms with Crippen molar-refractivity contribution in [1.29, 1.82) is 0 Å². The first-order valence-corrected chi connectivity index (χ1v) is 10.4. The van der Waals surface area contributed by atoms with Gasteiger partial charge in [-0.2, -0.15) is 0 Å². The van der Waals surface area contributed by atoms with Crippen LogP contribution in [0.5, 0.6) is 17.2 Å². The molecule has 0 aliphatic rings. The maximum atomic E-state index is 6.03. The molecule has 6 nitrogen and oxygen atoms in total. The molecule has 1 aromatic heterocycles. The Hall–Kier alpha value is -3.93. The zero-order valence-corrected chi connectivity index (χ0v) is 18.5. The van der Waals surface area contributed by atoms with E-state index in [1.165, 1.54) is 0 Å². The summed E-state index contributed by atoms with van der Waals surface area (Å²) in [5.41, 5.74) is 4.28. The summed E-state index contributed by atoms with van der Waals surface area (Å²) in [5, 5.41) is 3.41. The van der Waals surface area contributed by atoms with E-state index in [1.54, 1.807) is 14.2 Å². The molecule has 0 bridgehead atoms. The van der Waals surface area contributed by atoms with Crippen molar-refractivity contribution < 1.29 is 14.2 Å². The summed E-state index contributed by atoms with van der Waals surface area (Å²) in [7, 11) is 5.31. The zero-order chi connectivity index (χ0) is 22.3. The maximum absolute atomic E-state index is 6.03. The van der Waals surface area contributed by atoms with Gasteiger partial charge in [-0.25, -0.2) is 4.98 Å². The summed E-state index contributed by atoms with van der Waals surface area (Å²) < 4.78 is 18.8. The lowest BCUT2D eigenvalue weighted by atomic mass is 10.1. The second kappa shape index (κ2) is 9.92. The zero-order valence-electron chi connectivity index (χ0n) is 18.5. The number of nitrogens with one attached hydrogen (secondary N) is 1. The molecule has 164 valence electrons. The molecule has 4 rings (SSSR count). The molecule has 32 heavy (non-hydrogen) atoms. The Morgan fingerprint density at radius 2 is 1.62 bits per heavy atom. The number of methoxy groups -OCH3 is 2. The Kier molecular flexibility index (Phi) is 6.60. The summed E-state index contributed by atoms with van der Waals surface area (Å²) in [5.74, 6) is 3.05. The fraction of sp³-hybridized carbons (Fsp3) is 0.192. The van der Waals surface area contributed by atoms with Gasteiger partial charge in [-0.05, 0) is 47.5 Å². The molecule has 0 radical (unpaired) electrons. The number of hydrogen-bond donors (Lipinski definition) is 1. The first-order valence-electron chi connectivity index (χ1n) is 10.4. The van der Waals surface area contributed by atoms with E-state index in [2.05, 4.69) is 10.3 Å². The molecule has 0 spiro atoms. The van der Waals surface area contributed by atoms with Crippen LogP contribution >= 0.6 is 0 Å². The van der Waals surface area contributed by atoms with Crippen LogP contribution in [0.25, 0.3) is 11.3 Å². The molecule has 0 saturated carbocycles. The van der Waals surface area contributed by atoms with E-state index in [0.29, 0.717) is 18.9 Å². The Bertz CT molecular complexity index is 1150. The summed E-state index contributed by atoms with van der Waals surface area (Å²) >= 11 is 0. The van der Waals surface area contributed by atoms with Crippen LogP contribution < -0.4 is 19.5 Å². The first kappa shape index (κ1) is 21.3. The number of aromatic nitrogens is 2. The van der Waals surface area contributed by atoms with Crippen LogP contribution in [-0.2, 0) is 20.2 Å². The van der Waals surface area contributed by atoms with E-state index in [0.717, 1.165) is 39.8 Å². The van der Waals surface area contributed by atoms with E-state index in [1.807, 2.05) is 90.6 Å². The molecule has 1 N–H and O–H groups in total. The van der Waals surface area contributed by atoms with Gasteiger partial charge in [-0.1, -0.05) is 36.4 Å². The third kappa shape index (κ3) is 4.86. The molecule has 0 saturated heterocycles. The average molecular weight is 430 g/mol. The molecule has 0 amide bonds. The first-order chi connectivity index (χ1) is 15.7. The number of rotatable bonds is 9. The number of benzene rings is 3. The number of nitrogens with zero attached hydrogens (tertiary/aromatic N) is 2. The van der Waals surface area contributed by atoms with Crippen molar-refractivity contribution in [1.82, 2.24) is 9.55 Å². The topological polar surface area (TPSA) is 57.5 Å². The maximum Gasteiger partial charge on any atom is 0.203 e.